The average molecular weight is 287 g/mol. The Kier molecular flexibility index (Phi) is 4.88. The van der Waals surface area contributed by atoms with Crippen LogP contribution in [0.4, 0.5) is 13.2 Å². The predicted molar refractivity (Wildman–Crippen MR) is 68.7 cm³/mol. The quantitative estimate of drug-likeness (QED) is 0.646. The molecule has 4 nitrogen and oxygen atoms in total. The number of carbonyl (C=O) groups excluding carboxylic acids is 1. The highest BCUT2D eigenvalue weighted by Gasteiger charge is 2.35. The summed E-state index contributed by atoms with van der Waals surface area (Å²) < 4.78 is 38.3. The first-order valence-electron chi connectivity index (χ1n) is 5.87. The molecule has 0 unspecified atom stereocenters. The molecule has 1 heterocycles. The molecule has 1 aromatic heterocycles. The molecule has 110 valence electrons. The van der Waals surface area contributed by atoms with Crippen molar-refractivity contribution in [1.82, 2.24) is 15.8 Å². The van der Waals surface area contributed by atoms with Crippen molar-refractivity contribution in [3.05, 3.63) is 42.2 Å². The summed E-state index contributed by atoms with van der Waals surface area (Å²) in [5, 5.41) is 0. The third-order valence-corrected chi connectivity index (χ3v) is 2.54. The molecule has 0 saturated carbocycles. The maximum atomic E-state index is 12.8. The van der Waals surface area contributed by atoms with Crippen molar-refractivity contribution in [2.24, 2.45) is 0 Å². The van der Waals surface area contributed by atoms with Crippen molar-refractivity contribution in [3.63, 3.8) is 0 Å². The molecule has 1 rings (SSSR count). The highest BCUT2D eigenvalue weighted by atomic mass is 19.4. The second kappa shape index (κ2) is 6.04. The van der Waals surface area contributed by atoms with E-state index in [-0.39, 0.29) is 0 Å². The van der Waals surface area contributed by atoms with Gasteiger partial charge >= 0.3 is 6.18 Å². The first-order valence-corrected chi connectivity index (χ1v) is 5.87. The van der Waals surface area contributed by atoms with E-state index < -0.39 is 28.7 Å². The smallest absolute Gasteiger partial charge is 0.287 e. The number of halogens is 3. The Morgan fingerprint density at radius 2 is 2.10 bits per heavy atom. The van der Waals surface area contributed by atoms with Crippen LogP contribution < -0.4 is 10.9 Å². The summed E-state index contributed by atoms with van der Waals surface area (Å²) in [6.45, 7) is 7.13. The lowest BCUT2D eigenvalue weighted by Crippen LogP contribution is -2.50. The molecule has 0 aliphatic rings. The second-order valence-electron chi connectivity index (χ2n) is 4.87. The van der Waals surface area contributed by atoms with Gasteiger partial charge in [-0.25, -0.2) is 5.43 Å². The number of amides is 1. The Labute approximate surface area is 115 Å². The SMILES string of the molecule is C=CCC(C)(C)NNC(=O)c1cnccc1C(F)(F)F. The first kappa shape index (κ1) is 16.2. The third-order valence-electron chi connectivity index (χ3n) is 2.54. The van der Waals surface area contributed by atoms with Crippen LogP contribution in [0.2, 0.25) is 0 Å². The van der Waals surface area contributed by atoms with Crippen molar-refractivity contribution in [2.45, 2.75) is 32.0 Å². The number of nitrogens with zero attached hydrogens (tertiary/aromatic N) is 1. The Balaban J connectivity index is 2.86. The molecule has 0 atom stereocenters. The second-order valence-corrected chi connectivity index (χ2v) is 4.87. The highest BCUT2D eigenvalue weighted by Crippen LogP contribution is 2.31. The van der Waals surface area contributed by atoms with Gasteiger partial charge in [0.2, 0.25) is 0 Å². The van der Waals surface area contributed by atoms with Gasteiger partial charge in [-0.3, -0.25) is 15.2 Å². The molecule has 0 aromatic carbocycles. The zero-order valence-corrected chi connectivity index (χ0v) is 11.2. The fourth-order valence-electron chi connectivity index (χ4n) is 1.53. The first-order chi connectivity index (χ1) is 9.17. The van der Waals surface area contributed by atoms with Crippen LogP contribution in [0.3, 0.4) is 0 Å². The Morgan fingerprint density at radius 1 is 1.45 bits per heavy atom. The predicted octanol–water partition coefficient (Wildman–Crippen LogP) is 2.69. The maximum absolute atomic E-state index is 12.8. The molecule has 1 aromatic rings. The van der Waals surface area contributed by atoms with Gasteiger partial charge in [0.05, 0.1) is 11.1 Å². The van der Waals surface area contributed by atoms with E-state index in [4.69, 9.17) is 0 Å². The average Bonchev–Trinajstić information content (AvgIpc) is 2.35. The van der Waals surface area contributed by atoms with Gasteiger partial charge in [0.25, 0.3) is 5.91 Å². The standard InChI is InChI=1S/C13H16F3N3O/c1-4-6-12(2,3)19-18-11(20)9-8-17-7-5-10(9)13(14,15)16/h4-5,7-8,19H,1,6H2,2-3H3,(H,18,20). The maximum Gasteiger partial charge on any atom is 0.417 e. The summed E-state index contributed by atoms with van der Waals surface area (Å²) in [4.78, 5) is 15.4. The zero-order valence-electron chi connectivity index (χ0n) is 11.2. The summed E-state index contributed by atoms with van der Waals surface area (Å²) in [5.41, 5.74) is 2.87. The molecule has 0 saturated heterocycles. The summed E-state index contributed by atoms with van der Waals surface area (Å²) in [6.07, 6.45) is -0.544. The summed E-state index contributed by atoms with van der Waals surface area (Å²) in [7, 11) is 0. The summed E-state index contributed by atoms with van der Waals surface area (Å²) >= 11 is 0. The monoisotopic (exact) mass is 287 g/mol. The van der Waals surface area contributed by atoms with Gasteiger partial charge in [0.1, 0.15) is 0 Å². The van der Waals surface area contributed by atoms with E-state index in [1.54, 1.807) is 19.9 Å². The number of alkyl halides is 3. The van der Waals surface area contributed by atoms with E-state index >= 15 is 0 Å². The Morgan fingerprint density at radius 3 is 2.65 bits per heavy atom. The van der Waals surface area contributed by atoms with Gasteiger partial charge in [-0.15, -0.1) is 6.58 Å². The van der Waals surface area contributed by atoms with Gasteiger partial charge in [0, 0.05) is 17.9 Å². The fourth-order valence-corrected chi connectivity index (χ4v) is 1.53. The molecule has 1 amide bonds. The minimum absolute atomic E-state index is 0.516. The number of aromatic nitrogens is 1. The zero-order chi connectivity index (χ0) is 15.4. The number of pyridine rings is 1. The topological polar surface area (TPSA) is 54.0 Å². The van der Waals surface area contributed by atoms with Crippen LogP contribution in [0.25, 0.3) is 0 Å². The molecular formula is C13H16F3N3O. The largest absolute Gasteiger partial charge is 0.417 e. The molecular weight excluding hydrogens is 271 g/mol. The van der Waals surface area contributed by atoms with Crippen LogP contribution in [-0.2, 0) is 6.18 Å². The van der Waals surface area contributed by atoms with E-state index in [2.05, 4.69) is 22.4 Å². The van der Waals surface area contributed by atoms with Crippen LogP contribution in [0.5, 0.6) is 0 Å². The molecule has 0 bridgehead atoms. The van der Waals surface area contributed by atoms with Crippen LogP contribution in [0.1, 0.15) is 36.2 Å². The summed E-state index contributed by atoms with van der Waals surface area (Å²) in [5.74, 6) is -0.887. The van der Waals surface area contributed by atoms with Gasteiger partial charge < -0.3 is 0 Å². The molecule has 2 N–H and O–H groups in total. The number of carbonyl (C=O) groups is 1. The van der Waals surface area contributed by atoms with Gasteiger partial charge in [0.15, 0.2) is 0 Å². The fraction of sp³-hybridized carbons (Fsp3) is 0.385. The van der Waals surface area contributed by atoms with E-state index in [9.17, 15) is 18.0 Å². The van der Waals surface area contributed by atoms with Gasteiger partial charge in [-0.1, -0.05) is 6.08 Å². The van der Waals surface area contributed by atoms with E-state index in [0.29, 0.717) is 6.42 Å². The summed E-state index contributed by atoms with van der Waals surface area (Å²) in [6, 6.07) is 0.768. The van der Waals surface area contributed by atoms with E-state index in [0.717, 1.165) is 18.5 Å². The van der Waals surface area contributed by atoms with E-state index in [1.807, 2.05) is 0 Å². The van der Waals surface area contributed by atoms with E-state index in [1.165, 1.54) is 0 Å². The molecule has 0 aliphatic carbocycles. The Bertz CT molecular complexity index is 498. The Hall–Kier alpha value is -1.89. The number of hydrazine groups is 1. The van der Waals surface area contributed by atoms with Crippen molar-refractivity contribution in [2.75, 3.05) is 0 Å². The number of nitrogens with one attached hydrogen (secondary N) is 2. The number of rotatable bonds is 5. The van der Waals surface area contributed by atoms with Gasteiger partial charge in [-0.2, -0.15) is 13.2 Å². The highest BCUT2D eigenvalue weighted by molar-refractivity contribution is 5.95. The van der Waals surface area contributed by atoms with Crippen LogP contribution in [0, 0.1) is 0 Å². The lowest BCUT2D eigenvalue weighted by atomic mass is 10.0. The normalized spacial score (nSPS) is 12.1. The minimum Gasteiger partial charge on any atom is -0.287 e. The molecule has 7 heteroatoms. The molecule has 20 heavy (non-hydrogen) atoms. The third kappa shape index (κ3) is 4.34. The molecule has 0 spiro atoms. The number of hydrogen-bond acceptors (Lipinski definition) is 3. The molecule has 0 aliphatic heterocycles. The number of hydrogen-bond donors (Lipinski definition) is 2. The molecule has 0 fully saturated rings. The van der Waals surface area contributed by atoms with Crippen molar-refractivity contribution < 1.29 is 18.0 Å². The lowest BCUT2D eigenvalue weighted by Gasteiger charge is -2.25. The van der Waals surface area contributed by atoms with Gasteiger partial charge in [-0.05, 0) is 26.3 Å². The van der Waals surface area contributed by atoms with Crippen molar-refractivity contribution in [3.8, 4) is 0 Å². The molecule has 0 radical (unpaired) electrons. The van der Waals surface area contributed by atoms with Crippen LogP contribution in [0.15, 0.2) is 31.1 Å². The minimum atomic E-state index is -4.60. The van der Waals surface area contributed by atoms with Crippen LogP contribution in [-0.4, -0.2) is 16.4 Å². The van der Waals surface area contributed by atoms with Crippen molar-refractivity contribution >= 4 is 5.91 Å². The lowest BCUT2D eigenvalue weighted by molar-refractivity contribution is -0.138. The van der Waals surface area contributed by atoms with Crippen molar-refractivity contribution in [1.29, 1.82) is 0 Å². The van der Waals surface area contributed by atoms with Crippen LogP contribution >= 0.6 is 0 Å².